The third-order valence-corrected chi connectivity index (χ3v) is 12.0. The maximum atomic E-state index is 13.6. The topological polar surface area (TPSA) is 349 Å². The van der Waals surface area contributed by atoms with E-state index in [1.54, 1.807) is 0 Å². The van der Waals surface area contributed by atoms with E-state index in [0.29, 0.717) is 12.8 Å². The molecular formula is C31H53N3O22P2. The Bertz CT molecular complexity index is 1640. The smallest absolute Gasteiger partial charge is 0.457 e. The lowest BCUT2D eigenvalue weighted by Gasteiger charge is -2.41. The van der Waals surface area contributed by atoms with Gasteiger partial charge in [0.2, 0.25) is 5.91 Å². The maximum absolute atomic E-state index is 13.6. The summed E-state index contributed by atoms with van der Waals surface area (Å²) >= 11 is 0. The van der Waals surface area contributed by atoms with Crippen LogP contribution in [-0.2, 0) is 64.8 Å². The molecule has 11 atom stereocenters. The fraction of sp³-hybridized carbons (Fsp3) is 0.806. The Balaban J connectivity index is 1.55. The van der Waals surface area contributed by atoms with Gasteiger partial charge in [0.1, 0.15) is 36.6 Å². The molecule has 2 fully saturated rings. The van der Waals surface area contributed by atoms with Crippen LogP contribution >= 0.6 is 15.6 Å². The molecule has 1 aromatic heterocycles. The molecule has 1 amide bonds. The Morgan fingerprint density at radius 2 is 1.52 bits per heavy atom. The van der Waals surface area contributed by atoms with E-state index in [1.807, 2.05) is 4.98 Å². The number of hydrogen-bond acceptors (Lipinski definition) is 22. The van der Waals surface area contributed by atoms with E-state index < -0.39 is 113 Å². The van der Waals surface area contributed by atoms with Gasteiger partial charge in [-0.1, -0.05) is 6.92 Å². The first-order chi connectivity index (χ1) is 27.5. The lowest BCUT2D eigenvalue weighted by Crippen LogP contribution is -2.57. The first-order valence-corrected chi connectivity index (χ1v) is 21.0. The molecule has 2 saturated heterocycles. The Kier molecular flexibility index (Phi) is 20.7. The number of H-pyrrole nitrogens is 1. The van der Waals surface area contributed by atoms with Gasteiger partial charge in [0.15, 0.2) is 12.5 Å². The molecule has 8 N–H and O–H groups in total. The van der Waals surface area contributed by atoms with Crippen molar-refractivity contribution in [1.82, 2.24) is 14.9 Å². The maximum Gasteiger partial charge on any atom is 0.485 e. The lowest BCUT2D eigenvalue weighted by molar-refractivity contribution is -0.252. The molecule has 0 saturated carbocycles. The molecule has 58 heavy (non-hydrogen) atoms. The summed E-state index contributed by atoms with van der Waals surface area (Å²) in [5, 5.41) is 62.6. The highest BCUT2D eigenvalue weighted by atomic mass is 31.3. The number of phosphoric ester groups is 2. The van der Waals surface area contributed by atoms with Crippen LogP contribution in [0.25, 0.3) is 0 Å². The number of carbonyl (C=O) groups is 2. The van der Waals surface area contributed by atoms with Crippen LogP contribution in [0.4, 0.5) is 0 Å². The summed E-state index contributed by atoms with van der Waals surface area (Å²) in [5.74, 6) is -2.58. The molecule has 0 aromatic carbocycles. The van der Waals surface area contributed by atoms with Crippen molar-refractivity contribution in [3.8, 4) is 0 Å². The van der Waals surface area contributed by atoms with Crippen LogP contribution in [0.15, 0.2) is 21.9 Å². The van der Waals surface area contributed by atoms with E-state index in [-0.39, 0.29) is 52.5 Å². The molecule has 27 heteroatoms. The summed E-state index contributed by atoms with van der Waals surface area (Å²) < 4.78 is 80.3. The van der Waals surface area contributed by atoms with Gasteiger partial charge in [0.05, 0.1) is 32.3 Å². The van der Waals surface area contributed by atoms with Crippen LogP contribution in [0.3, 0.4) is 0 Å². The third kappa shape index (κ3) is 14.9. The summed E-state index contributed by atoms with van der Waals surface area (Å²) in [7, 11) is -8.27. The fourth-order valence-electron chi connectivity index (χ4n) is 5.34. The SMILES string of the molecule is COP(=O)(OCC1OC(n2ccc(=O)[nH]c2=O)C(O)C1O)OP(=O)(OC)O[C@H]1OC(CNC(=O)CCC(=O)OC(COCCCO)COCCCO)[C@@H](O)[C@H](O)C1C. The molecule has 0 aliphatic carbocycles. The number of rotatable bonds is 26. The predicted molar refractivity (Wildman–Crippen MR) is 192 cm³/mol. The van der Waals surface area contributed by atoms with Gasteiger partial charge < -0.3 is 59.6 Å². The van der Waals surface area contributed by atoms with Crippen molar-refractivity contribution in [2.45, 2.75) is 87.9 Å². The molecule has 334 valence electrons. The van der Waals surface area contributed by atoms with Crippen molar-refractivity contribution in [2.24, 2.45) is 5.92 Å². The second-order valence-corrected chi connectivity index (χ2v) is 16.6. The zero-order valence-corrected chi connectivity index (χ0v) is 33.8. The number of aromatic nitrogens is 2. The van der Waals surface area contributed by atoms with Crippen molar-refractivity contribution in [3.05, 3.63) is 33.1 Å². The lowest BCUT2D eigenvalue weighted by atomic mass is 9.92. The van der Waals surface area contributed by atoms with E-state index in [1.165, 1.54) is 6.92 Å². The molecule has 2 aliphatic heterocycles. The van der Waals surface area contributed by atoms with Gasteiger partial charge in [-0.15, -0.1) is 0 Å². The standard InChI is InChI=1S/C31H53N3O22P2/c1-18-25(40)26(41)20(14-32-22(37)6-7-24(39)52-19(15-49-12-4-10-35)16-50-13-5-11-36)54-30(18)55-58(46,48-3)56-57(45,47-2)51-17-21-27(42)28(43)29(53-21)34-9-8-23(38)33-31(34)44/h8-9,18-21,25-30,35-36,40-43H,4-7,10-17H2,1-3H3,(H,32,37)(H,33,38,44)/t18?,20?,21?,25-,26-,27?,28?,29?,30-,57?,58?/m1/s1. The molecule has 2 aliphatic rings. The number of hydrogen-bond donors (Lipinski definition) is 8. The number of carbonyl (C=O) groups excluding carboxylic acids is 2. The molecule has 0 bridgehead atoms. The van der Waals surface area contributed by atoms with Gasteiger partial charge >= 0.3 is 27.3 Å². The number of phosphoric acid groups is 2. The van der Waals surface area contributed by atoms with Crippen LogP contribution in [0.2, 0.25) is 0 Å². The minimum Gasteiger partial charge on any atom is -0.457 e. The van der Waals surface area contributed by atoms with E-state index in [9.17, 15) is 48.7 Å². The number of ether oxygens (including phenoxy) is 5. The monoisotopic (exact) mass is 881 g/mol. The first-order valence-electron chi connectivity index (χ1n) is 18.0. The number of esters is 1. The van der Waals surface area contributed by atoms with Crippen LogP contribution in [0.1, 0.15) is 38.8 Å². The Hall–Kier alpha value is -2.52. The highest BCUT2D eigenvalue weighted by molar-refractivity contribution is 7.62. The van der Waals surface area contributed by atoms with E-state index >= 15 is 0 Å². The summed E-state index contributed by atoms with van der Waals surface area (Å²) in [6, 6.07) is 0.970. The predicted octanol–water partition coefficient (Wildman–Crippen LogP) is -2.60. The second-order valence-electron chi connectivity index (χ2n) is 12.9. The summed E-state index contributed by atoms with van der Waals surface area (Å²) in [4.78, 5) is 50.6. The van der Waals surface area contributed by atoms with Gasteiger partial charge in [0, 0.05) is 71.8 Å². The molecule has 25 nitrogen and oxygen atoms in total. The second kappa shape index (κ2) is 24.1. The normalized spacial score (nSPS) is 28.2. The average molecular weight is 882 g/mol. The number of aromatic amines is 1. The van der Waals surface area contributed by atoms with Crippen LogP contribution in [-0.4, -0.2) is 168 Å². The Labute approximate surface area is 331 Å². The number of amides is 1. The van der Waals surface area contributed by atoms with E-state index in [2.05, 4.69) is 5.32 Å². The van der Waals surface area contributed by atoms with E-state index in [4.69, 9.17) is 56.3 Å². The van der Waals surface area contributed by atoms with Crippen LogP contribution in [0.5, 0.6) is 0 Å². The van der Waals surface area contributed by atoms with Crippen LogP contribution in [0, 0.1) is 5.92 Å². The minimum absolute atomic E-state index is 0.0367. The zero-order chi connectivity index (χ0) is 43.0. The average Bonchev–Trinajstić information content (AvgIpc) is 3.47. The van der Waals surface area contributed by atoms with E-state index in [0.717, 1.165) is 31.0 Å². The first kappa shape index (κ1) is 49.8. The summed E-state index contributed by atoms with van der Waals surface area (Å²) in [5.41, 5.74) is -1.69. The molecule has 0 radical (unpaired) electrons. The highest BCUT2D eigenvalue weighted by Gasteiger charge is 2.50. The quantitative estimate of drug-likeness (QED) is 0.0269. The number of aliphatic hydroxyl groups excluding tert-OH is 6. The van der Waals surface area contributed by atoms with Gasteiger partial charge in [-0.05, 0) is 12.8 Å². The Morgan fingerprint density at radius 3 is 2.10 bits per heavy atom. The molecular weight excluding hydrogens is 828 g/mol. The van der Waals surface area contributed by atoms with Crippen molar-refractivity contribution >= 4 is 27.5 Å². The van der Waals surface area contributed by atoms with Crippen molar-refractivity contribution < 1.29 is 95.4 Å². The Morgan fingerprint density at radius 1 is 0.897 bits per heavy atom. The summed E-state index contributed by atoms with van der Waals surface area (Å²) in [6.45, 7) is 0.203. The van der Waals surface area contributed by atoms with Crippen LogP contribution < -0.4 is 16.6 Å². The van der Waals surface area contributed by atoms with Gasteiger partial charge in [-0.3, -0.25) is 42.0 Å². The fourth-order valence-corrected chi connectivity index (χ4v) is 8.22. The molecule has 0 spiro atoms. The molecule has 1 aromatic rings. The highest BCUT2D eigenvalue weighted by Crippen LogP contribution is 2.66. The zero-order valence-electron chi connectivity index (χ0n) is 32.0. The van der Waals surface area contributed by atoms with Gasteiger partial charge in [-0.2, -0.15) is 4.31 Å². The van der Waals surface area contributed by atoms with Crippen molar-refractivity contribution in [3.63, 3.8) is 0 Å². The number of aliphatic hydroxyl groups is 6. The number of nitrogens with zero attached hydrogens (tertiary/aromatic N) is 1. The largest absolute Gasteiger partial charge is 0.485 e. The molecule has 3 heterocycles. The van der Waals surface area contributed by atoms with Crippen molar-refractivity contribution in [1.29, 1.82) is 0 Å². The minimum atomic E-state index is -5.01. The molecule has 8 unspecified atom stereocenters. The summed E-state index contributed by atoms with van der Waals surface area (Å²) in [6.07, 6.45) is -12.6. The molecule has 3 rings (SSSR count). The number of nitrogens with one attached hydrogen (secondary N) is 2. The van der Waals surface area contributed by atoms with Gasteiger partial charge in [-0.25, -0.2) is 13.9 Å². The van der Waals surface area contributed by atoms with Gasteiger partial charge in [0.25, 0.3) is 5.56 Å². The van der Waals surface area contributed by atoms with Crippen molar-refractivity contribution in [2.75, 3.05) is 67.0 Å². The third-order valence-electron chi connectivity index (χ3n) is 8.60.